The van der Waals surface area contributed by atoms with Gasteiger partial charge in [-0.2, -0.15) is 13.2 Å². The van der Waals surface area contributed by atoms with Crippen LogP contribution in [-0.4, -0.2) is 48.7 Å². The molecule has 22 heavy (non-hydrogen) atoms. The van der Waals surface area contributed by atoms with E-state index in [0.717, 1.165) is 0 Å². The van der Waals surface area contributed by atoms with Crippen molar-refractivity contribution in [2.24, 2.45) is 0 Å². The highest BCUT2D eigenvalue weighted by Crippen LogP contribution is 2.21. The molecule has 0 spiro atoms. The molecule has 1 heterocycles. The van der Waals surface area contributed by atoms with E-state index < -0.39 is 22.6 Å². The van der Waals surface area contributed by atoms with Crippen LogP contribution in [0.15, 0.2) is 0 Å². The van der Waals surface area contributed by atoms with Crippen molar-refractivity contribution in [2.75, 3.05) is 24.2 Å². The Morgan fingerprint density at radius 3 is 2.41 bits per heavy atom. The van der Waals surface area contributed by atoms with Gasteiger partial charge in [-0.25, -0.2) is 13.1 Å². The topological polar surface area (TPSA) is 80.1 Å². The highest BCUT2D eigenvalue weighted by molar-refractivity contribution is 7.89. The summed E-state index contributed by atoms with van der Waals surface area (Å²) in [4.78, 5) is 1.35. The van der Waals surface area contributed by atoms with Gasteiger partial charge in [0.1, 0.15) is 5.82 Å². The van der Waals surface area contributed by atoms with E-state index in [1.54, 1.807) is 11.5 Å². The van der Waals surface area contributed by atoms with Gasteiger partial charge < -0.3 is 4.90 Å². The van der Waals surface area contributed by atoms with Crippen LogP contribution < -0.4 is 9.62 Å². The van der Waals surface area contributed by atoms with Crippen molar-refractivity contribution >= 4 is 16.0 Å². The Bertz CT molecular complexity index is 585. The van der Waals surface area contributed by atoms with Crippen molar-refractivity contribution in [3.05, 3.63) is 5.82 Å². The lowest BCUT2D eigenvalue weighted by atomic mass is 10.4. The van der Waals surface area contributed by atoms with Gasteiger partial charge in [0, 0.05) is 20.1 Å². The van der Waals surface area contributed by atoms with Gasteiger partial charge in [0.15, 0.2) is 0 Å². The Labute approximate surface area is 127 Å². The molecular weight excluding hydrogens is 323 g/mol. The Hall–Kier alpha value is -1.36. The lowest BCUT2D eigenvalue weighted by molar-refractivity contribution is -0.132. The Morgan fingerprint density at radius 1 is 1.27 bits per heavy atom. The molecule has 0 fully saturated rings. The van der Waals surface area contributed by atoms with Crippen molar-refractivity contribution < 1.29 is 21.6 Å². The van der Waals surface area contributed by atoms with E-state index in [-0.39, 0.29) is 24.8 Å². The number of hydrogen-bond donors (Lipinski definition) is 1. The lowest BCUT2D eigenvalue weighted by Gasteiger charge is -2.19. The third kappa shape index (κ3) is 5.44. The van der Waals surface area contributed by atoms with Crippen molar-refractivity contribution in [3.63, 3.8) is 0 Å². The van der Waals surface area contributed by atoms with Gasteiger partial charge in [-0.05, 0) is 13.8 Å². The molecule has 0 atom stereocenters. The van der Waals surface area contributed by atoms with Crippen molar-refractivity contribution in [2.45, 2.75) is 39.5 Å². The van der Waals surface area contributed by atoms with Crippen LogP contribution >= 0.6 is 0 Å². The molecule has 0 saturated heterocycles. The monoisotopic (exact) mass is 343 g/mol. The van der Waals surface area contributed by atoms with E-state index in [9.17, 15) is 21.6 Å². The zero-order valence-corrected chi connectivity index (χ0v) is 13.5. The van der Waals surface area contributed by atoms with E-state index in [0.29, 0.717) is 12.4 Å². The predicted molar refractivity (Wildman–Crippen MR) is 75.9 cm³/mol. The third-order valence-corrected chi connectivity index (χ3v) is 4.37. The summed E-state index contributed by atoms with van der Waals surface area (Å²) in [6.45, 7) is 3.40. The first-order valence-corrected chi connectivity index (χ1v) is 8.42. The number of hydrogen-bond acceptors (Lipinski definition) is 5. The summed E-state index contributed by atoms with van der Waals surface area (Å²) in [6, 6.07) is 0. The molecule has 1 rings (SSSR count). The average molecular weight is 343 g/mol. The van der Waals surface area contributed by atoms with E-state index >= 15 is 0 Å². The zero-order valence-electron chi connectivity index (χ0n) is 12.7. The molecule has 0 aliphatic rings. The number of nitrogens with one attached hydrogen (secondary N) is 1. The van der Waals surface area contributed by atoms with Crippen molar-refractivity contribution in [3.8, 4) is 0 Å². The highest BCUT2D eigenvalue weighted by Gasteiger charge is 2.28. The van der Waals surface area contributed by atoms with Gasteiger partial charge in [0.05, 0.1) is 18.7 Å². The normalized spacial score (nSPS) is 12.6. The molecule has 1 aromatic rings. The smallest absolute Gasteiger partial charge is 0.344 e. The zero-order chi connectivity index (χ0) is 17.0. The minimum absolute atomic E-state index is 0.0515. The second kappa shape index (κ2) is 7.27. The van der Waals surface area contributed by atoms with Gasteiger partial charge in [0.25, 0.3) is 0 Å². The quantitative estimate of drug-likeness (QED) is 0.765. The van der Waals surface area contributed by atoms with E-state index in [1.165, 1.54) is 18.9 Å². The number of alkyl halides is 3. The van der Waals surface area contributed by atoms with Gasteiger partial charge in [-0.1, -0.05) is 0 Å². The van der Waals surface area contributed by atoms with Gasteiger partial charge in [-0.3, -0.25) is 4.57 Å². The maximum atomic E-state index is 12.3. The predicted octanol–water partition coefficient (Wildman–Crippen LogP) is 1.13. The Balaban J connectivity index is 2.82. The summed E-state index contributed by atoms with van der Waals surface area (Å²) < 4.78 is 63.6. The molecule has 0 radical (unpaired) electrons. The van der Waals surface area contributed by atoms with Crippen LogP contribution in [0.4, 0.5) is 19.1 Å². The maximum Gasteiger partial charge on any atom is 0.390 e. The summed E-state index contributed by atoms with van der Waals surface area (Å²) >= 11 is 0. The standard InChI is InChI=1S/C11H20F3N5O2S/c1-4-19-9(8-15-22(20,21)5-2)16-17-10(19)18(3)7-6-11(12,13)14/h15H,4-8H2,1-3H3. The van der Waals surface area contributed by atoms with E-state index in [1.807, 2.05) is 0 Å². The van der Waals surface area contributed by atoms with Crippen LogP contribution in [0.25, 0.3) is 0 Å². The van der Waals surface area contributed by atoms with Crippen LogP contribution in [0, 0.1) is 0 Å². The summed E-state index contributed by atoms with van der Waals surface area (Å²) in [5, 5.41) is 7.70. The average Bonchev–Trinajstić information content (AvgIpc) is 2.84. The fraction of sp³-hybridized carbons (Fsp3) is 0.818. The van der Waals surface area contributed by atoms with Crippen LogP contribution in [-0.2, 0) is 23.1 Å². The third-order valence-electron chi connectivity index (χ3n) is 3.03. The molecule has 0 unspecified atom stereocenters. The minimum atomic E-state index is -4.25. The van der Waals surface area contributed by atoms with Crippen LogP contribution in [0.1, 0.15) is 26.1 Å². The van der Waals surface area contributed by atoms with E-state index in [4.69, 9.17) is 0 Å². The molecule has 1 aromatic heterocycles. The highest BCUT2D eigenvalue weighted by atomic mass is 32.2. The minimum Gasteiger partial charge on any atom is -0.344 e. The number of halogens is 3. The second-order valence-corrected chi connectivity index (χ2v) is 6.77. The fourth-order valence-electron chi connectivity index (χ4n) is 1.73. The molecule has 1 N–H and O–H groups in total. The summed E-state index contributed by atoms with van der Waals surface area (Å²) in [7, 11) is -1.89. The van der Waals surface area contributed by atoms with Gasteiger partial charge >= 0.3 is 6.18 Å². The first-order chi connectivity index (χ1) is 10.1. The van der Waals surface area contributed by atoms with Crippen molar-refractivity contribution in [1.29, 1.82) is 0 Å². The molecule has 11 heteroatoms. The van der Waals surface area contributed by atoms with Crippen molar-refractivity contribution in [1.82, 2.24) is 19.5 Å². The molecule has 7 nitrogen and oxygen atoms in total. The number of rotatable bonds is 8. The summed E-state index contributed by atoms with van der Waals surface area (Å²) in [5.41, 5.74) is 0. The molecular formula is C11H20F3N5O2S. The molecule has 0 saturated carbocycles. The molecule has 0 aliphatic heterocycles. The summed E-state index contributed by atoms with van der Waals surface area (Å²) in [5.74, 6) is 0.567. The van der Waals surface area contributed by atoms with E-state index in [2.05, 4.69) is 14.9 Å². The molecule has 0 aliphatic carbocycles. The number of nitrogens with zero attached hydrogens (tertiary/aromatic N) is 4. The number of anilines is 1. The van der Waals surface area contributed by atoms with Crippen LogP contribution in [0.3, 0.4) is 0 Å². The largest absolute Gasteiger partial charge is 0.390 e. The Kier molecular flexibility index (Phi) is 6.17. The maximum absolute atomic E-state index is 12.3. The molecule has 0 bridgehead atoms. The van der Waals surface area contributed by atoms with Crippen LogP contribution in [0.5, 0.6) is 0 Å². The van der Waals surface area contributed by atoms with Crippen LogP contribution in [0.2, 0.25) is 0 Å². The number of sulfonamides is 1. The summed E-state index contributed by atoms with van der Waals surface area (Å²) in [6.07, 6.45) is -5.21. The van der Waals surface area contributed by atoms with Gasteiger partial charge in [-0.15, -0.1) is 10.2 Å². The number of aromatic nitrogens is 3. The first kappa shape index (κ1) is 18.7. The second-order valence-electron chi connectivity index (χ2n) is 4.67. The lowest BCUT2D eigenvalue weighted by Crippen LogP contribution is -2.28. The molecule has 0 aromatic carbocycles. The first-order valence-electron chi connectivity index (χ1n) is 6.77. The Morgan fingerprint density at radius 2 is 1.91 bits per heavy atom. The molecule has 128 valence electrons. The molecule has 0 amide bonds. The SMILES string of the molecule is CCn1c(CNS(=O)(=O)CC)nnc1N(C)CCC(F)(F)F. The van der Waals surface area contributed by atoms with Gasteiger partial charge in [0.2, 0.25) is 16.0 Å². The fourth-order valence-corrected chi connectivity index (χ4v) is 2.29.